The number of likely N-dealkylation sites (tertiary alicyclic amines) is 1. The highest BCUT2D eigenvalue weighted by Gasteiger charge is 2.35. The van der Waals surface area contributed by atoms with Gasteiger partial charge < -0.3 is 14.4 Å². The molecule has 0 unspecified atom stereocenters. The maximum atomic E-state index is 6.07. The standard InChI is InChI=1S/C21H41NO2/c1-16-14-22(10-8-18(16)9-11-23-20(2,3)4)15-17-12-19(13-17)24-21(5,6)7/h16-19H,8-15H2,1-7H3/t16-,17-,18+,19-/m0/s1. The molecule has 3 nitrogen and oxygen atoms in total. The molecule has 2 aliphatic rings. The van der Waals surface area contributed by atoms with Gasteiger partial charge in [0.25, 0.3) is 0 Å². The number of piperidine rings is 1. The Morgan fingerprint density at radius 1 is 1.00 bits per heavy atom. The average molecular weight is 340 g/mol. The van der Waals surface area contributed by atoms with E-state index in [2.05, 4.69) is 53.4 Å². The predicted octanol–water partition coefficient (Wildman–Crippen LogP) is 4.74. The van der Waals surface area contributed by atoms with Crippen molar-refractivity contribution in [3.8, 4) is 0 Å². The van der Waals surface area contributed by atoms with Gasteiger partial charge in [-0.1, -0.05) is 6.92 Å². The molecule has 142 valence electrons. The summed E-state index contributed by atoms with van der Waals surface area (Å²) < 4.78 is 12.0. The smallest absolute Gasteiger partial charge is 0.0602 e. The minimum Gasteiger partial charge on any atom is -0.376 e. The van der Waals surface area contributed by atoms with Crippen LogP contribution < -0.4 is 0 Å². The molecule has 24 heavy (non-hydrogen) atoms. The van der Waals surface area contributed by atoms with Crippen LogP contribution in [0.4, 0.5) is 0 Å². The van der Waals surface area contributed by atoms with Gasteiger partial charge in [-0.05, 0) is 91.5 Å². The minimum absolute atomic E-state index is 0.000169. The van der Waals surface area contributed by atoms with Crippen LogP contribution in [0.5, 0.6) is 0 Å². The van der Waals surface area contributed by atoms with Gasteiger partial charge in [0.1, 0.15) is 0 Å². The normalized spacial score (nSPS) is 32.6. The van der Waals surface area contributed by atoms with Crippen LogP contribution in [-0.4, -0.2) is 48.4 Å². The molecule has 0 bridgehead atoms. The molecule has 1 saturated carbocycles. The predicted molar refractivity (Wildman–Crippen MR) is 101 cm³/mol. The molecular formula is C21H41NO2. The van der Waals surface area contributed by atoms with Gasteiger partial charge in [0.2, 0.25) is 0 Å². The second-order valence-corrected chi connectivity index (χ2v) is 10.2. The lowest BCUT2D eigenvalue weighted by Gasteiger charge is -2.44. The van der Waals surface area contributed by atoms with Crippen molar-refractivity contribution in [3.05, 3.63) is 0 Å². The quantitative estimate of drug-likeness (QED) is 0.697. The van der Waals surface area contributed by atoms with Gasteiger partial charge in [-0.25, -0.2) is 0 Å². The molecule has 3 heteroatoms. The van der Waals surface area contributed by atoms with Gasteiger partial charge in [0.05, 0.1) is 17.3 Å². The van der Waals surface area contributed by atoms with Crippen molar-refractivity contribution in [2.75, 3.05) is 26.2 Å². The number of ether oxygens (including phenoxy) is 2. The van der Waals surface area contributed by atoms with E-state index in [0.717, 1.165) is 24.4 Å². The topological polar surface area (TPSA) is 21.7 Å². The summed E-state index contributed by atoms with van der Waals surface area (Å²) in [5.74, 6) is 2.48. The first kappa shape index (κ1) is 20.2. The van der Waals surface area contributed by atoms with Crippen molar-refractivity contribution < 1.29 is 9.47 Å². The van der Waals surface area contributed by atoms with E-state index in [1.807, 2.05) is 0 Å². The third-order valence-corrected chi connectivity index (χ3v) is 5.42. The Balaban J connectivity index is 1.62. The van der Waals surface area contributed by atoms with E-state index < -0.39 is 0 Å². The lowest BCUT2D eigenvalue weighted by molar-refractivity contribution is -0.116. The molecule has 1 heterocycles. The zero-order valence-electron chi connectivity index (χ0n) is 17.2. The first-order chi connectivity index (χ1) is 11.0. The van der Waals surface area contributed by atoms with E-state index in [1.165, 1.54) is 45.3 Å². The summed E-state index contributed by atoms with van der Waals surface area (Å²) in [5.41, 5.74) is 0.0114. The lowest BCUT2D eigenvalue weighted by Crippen LogP contribution is -2.46. The highest BCUT2D eigenvalue weighted by atomic mass is 16.5. The number of hydrogen-bond acceptors (Lipinski definition) is 3. The molecule has 0 aromatic rings. The van der Waals surface area contributed by atoms with Crippen LogP contribution in [0.15, 0.2) is 0 Å². The van der Waals surface area contributed by atoms with Crippen molar-refractivity contribution >= 4 is 0 Å². The number of hydrogen-bond donors (Lipinski definition) is 0. The van der Waals surface area contributed by atoms with Crippen molar-refractivity contribution in [1.29, 1.82) is 0 Å². The van der Waals surface area contributed by atoms with E-state index in [1.54, 1.807) is 0 Å². The SMILES string of the molecule is C[C@H]1CN(C[C@H]2C[C@H](OC(C)(C)C)C2)CC[C@@H]1CCOC(C)(C)C. The van der Waals surface area contributed by atoms with Crippen molar-refractivity contribution in [2.24, 2.45) is 17.8 Å². The molecule has 0 aromatic carbocycles. The van der Waals surface area contributed by atoms with Gasteiger partial charge in [-0.3, -0.25) is 0 Å². The summed E-state index contributed by atoms with van der Waals surface area (Å²) in [5, 5.41) is 0. The van der Waals surface area contributed by atoms with Crippen LogP contribution in [0.2, 0.25) is 0 Å². The summed E-state index contributed by atoms with van der Waals surface area (Å²) in [4.78, 5) is 2.70. The van der Waals surface area contributed by atoms with Crippen molar-refractivity contribution in [3.63, 3.8) is 0 Å². The van der Waals surface area contributed by atoms with E-state index in [-0.39, 0.29) is 11.2 Å². The largest absolute Gasteiger partial charge is 0.376 e. The molecule has 0 spiro atoms. The summed E-state index contributed by atoms with van der Waals surface area (Å²) >= 11 is 0. The van der Waals surface area contributed by atoms with Crippen LogP contribution in [0.1, 0.15) is 74.1 Å². The Labute approximate surface area is 150 Å². The second-order valence-electron chi connectivity index (χ2n) is 10.2. The zero-order valence-corrected chi connectivity index (χ0v) is 17.2. The molecule has 1 aliphatic carbocycles. The van der Waals surface area contributed by atoms with Crippen LogP contribution in [0.25, 0.3) is 0 Å². The number of nitrogens with zero attached hydrogens (tertiary/aromatic N) is 1. The van der Waals surface area contributed by atoms with E-state index in [9.17, 15) is 0 Å². The lowest BCUT2D eigenvalue weighted by atomic mass is 9.79. The van der Waals surface area contributed by atoms with E-state index in [0.29, 0.717) is 6.10 Å². The van der Waals surface area contributed by atoms with Crippen LogP contribution in [0, 0.1) is 17.8 Å². The summed E-state index contributed by atoms with van der Waals surface area (Å²) in [6, 6.07) is 0. The highest BCUT2D eigenvalue weighted by molar-refractivity contribution is 4.87. The van der Waals surface area contributed by atoms with E-state index >= 15 is 0 Å². The molecule has 2 atom stereocenters. The summed E-state index contributed by atoms with van der Waals surface area (Å²) in [7, 11) is 0. The molecule has 1 saturated heterocycles. The Morgan fingerprint density at radius 3 is 2.21 bits per heavy atom. The van der Waals surface area contributed by atoms with Crippen LogP contribution in [0.3, 0.4) is 0 Å². The fourth-order valence-corrected chi connectivity index (χ4v) is 4.18. The van der Waals surface area contributed by atoms with Crippen LogP contribution in [-0.2, 0) is 9.47 Å². The third kappa shape index (κ3) is 7.01. The number of rotatable bonds is 6. The fourth-order valence-electron chi connectivity index (χ4n) is 4.18. The van der Waals surface area contributed by atoms with E-state index in [4.69, 9.17) is 9.47 Å². The van der Waals surface area contributed by atoms with Gasteiger partial charge in [0.15, 0.2) is 0 Å². The molecule has 2 rings (SSSR count). The monoisotopic (exact) mass is 339 g/mol. The zero-order chi connectivity index (χ0) is 18.0. The Bertz CT molecular complexity index is 376. The molecule has 1 aliphatic heterocycles. The Morgan fingerprint density at radius 2 is 1.67 bits per heavy atom. The maximum Gasteiger partial charge on any atom is 0.0602 e. The highest BCUT2D eigenvalue weighted by Crippen LogP contribution is 2.35. The molecule has 0 amide bonds. The van der Waals surface area contributed by atoms with Gasteiger partial charge in [0, 0.05) is 19.7 Å². The average Bonchev–Trinajstić information content (AvgIpc) is 2.36. The molecule has 0 radical (unpaired) electrons. The minimum atomic E-state index is -0.000169. The summed E-state index contributed by atoms with van der Waals surface area (Å²) in [6.45, 7) is 20.1. The Kier molecular flexibility index (Phi) is 6.78. The summed E-state index contributed by atoms with van der Waals surface area (Å²) in [6.07, 6.45) is 5.57. The first-order valence-electron chi connectivity index (χ1n) is 10.1. The molecular weight excluding hydrogens is 298 g/mol. The fraction of sp³-hybridized carbons (Fsp3) is 1.00. The molecule has 0 aromatic heterocycles. The van der Waals surface area contributed by atoms with Crippen LogP contribution >= 0.6 is 0 Å². The first-order valence-corrected chi connectivity index (χ1v) is 10.1. The maximum absolute atomic E-state index is 6.07. The van der Waals surface area contributed by atoms with Gasteiger partial charge in [-0.15, -0.1) is 0 Å². The van der Waals surface area contributed by atoms with Crippen molar-refractivity contribution in [2.45, 2.75) is 91.5 Å². The third-order valence-electron chi connectivity index (χ3n) is 5.42. The molecule has 2 fully saturated rings. The molecule has 0 N–H and O–H groups in total. The van der Waals surface area contributed by atoms with Gasteiger partial charge >= 0.3 is 0 Å². The van der Waals surface area contributed by atoms with Crippen molar-refractivity contribution in [1.82, 2.24) is 4.90 Å². The Hall–Kier alpha value is -0.120. The second kappa shape index (κ2) is 8.05. The van der Waals surface area contributed by atoms with Gasteiger partial charge in [-0.2, -0.15) is 0 Å².